The van der Waals surface area contributed by atoms with E-state index in [9.17, 15) is 9.59 Å². The molecule has 0 bridgehead atoms. The van der Waals surface area contributed by atoms with Crippen molar-refractivity contribution in [3.63, 3.8) is 0 Å². The van der Waals surface area contributed by atoms with Crippen molar-refractivity contribution >= 4 is 11.8 Å². The number of amides is 2. The lowest BCUT2D eigenvalue weighted by Gasteiger charge is -2.40. The topological polar surface area (TPSA) is 43.9 Å². The number of benzene rings is 1. The van der Waals surface area contributed by atoms with Gasteiger partial charge >= 0.3 is 0 Å². The van der Waals surface area contributed by atoms with Gasteiger partial charge in [-0.15, -0.1) is 0 Å². The number of hydrogen-bond acceptors (Lipinski definition) is 3. The molecule has 3 rings (SSSR count). The summed E-state index contributed by atoms with van der Waals surface area (Å²) in [5, 5.41) is 0. The highest BCUT2D eigenvalue weighted by Gasteiger charge is 2.33. The quantitative estimate of drug-likeness (QED) is 0.702. The van der Waals surface area contributed by atoms with Gasteiger partial charge in [0.25, 0.3) is 0 Å². The Morgan fingerprint density at radius 1 is 0.966 bits per heavy atom. The number of carbonyl (C=O) groups excluding carboxylic acids is 2. The third kappa shape index (κ3) is 5.59. The van der Waals surface area contributed by atoms with Gasteiger partial charge in [-0.2, -0.15) is 0 Å². The second kappa shape index (κ2) is 10.8. The lowest BCUT2D eigenvalue weighted by Crippen LogP contribution is -2.53. The van der Waals surface area contributed by atoms with Gasteiger partial charge in [0.05, 0.1) is 0 Å². The van der Waals surface area contributed by atoms with E-state index in [4.69, 9.17) is 0 Å². The maximum absolute atomic E-state index is 13.3. The van der Waals surface area contributed by atoms with Gasteiger partial charge in [-0.3, -0.25) is 14.5 Å². The molecule has 5 nitrogen and oxygen atoms in total. The number of carbonyl (C=O) groups is 2. The summed E-state index contributed by atoms with van der Waals surface area (Å²) in [5.41, 5.74) is 1.05. The molecular weight excluding hydrogens is 362 g/mol. The van der Waals surface area contributed by atoms with Crippen LogP contribution in [-0.2, 0) is 9.59 Å². The van der Waals surface area contributed by atoms with Crippen molar-refractivity contribution in [2.75, 3.05) is 39.3 Å². The maximum atomic E-state index is 13.3. The van der Waals surface area contributed by atoms with E-state index in [2.05, 4.69) is 4.90 Å². The highest BCUT2D eigenvalue weighted by atomic mass is 16.2. The van der Waals surface area contributed by atoms with Gasteiger partial charge in [0, 0.05) is 45.7 Å². The van der Waals surface area contributed by atoms with Crippen LogP contribution in [-0.4, -0.2) is 65.8 Å². The Bertz CT molecular complexity index is 645. The SMILES string of the molecule is CCN(CC)C(=O)C(c1ccccc1)N1CCN(C(=O)CC2CCCCC2)CC1. The van der Waals surface area contributed by atoms with E-state index >= 15 is 0 Å². The molecule has 1 aromatic carbocycles. The van der Waals surface area contributed by atoms with Gasteiger partial charge in [-0.05, 0) is 38.2 Å². The maximum Gasteiger partial charge on any atom is 0.244 e. The molecule has 5 heteroatoms. The summed E-state index contributed by atoms with van der Waals surface area (Å²) in [6.45, 7) is 8.46. The molecule has 0 N–H and O–H groups in total. The summed E-state index contributed by atoms with van der Waals surface area (Å²) in [5.74, 6) is 1.06. The number of nitrogens with zero attached hydrogens (tertiary/aromatic N) is 3. The van der Waals surface area contributed by atoms with Crippen LogP contribution in [0, 0.1) is 5.92 Å². The summed E-state index contributed by atoms with van der Waals surface area (Å²) in [6.07, 6.45) is 7.00. The Morgan fingerprint density at radius 3 is 2.17 bits per heavy atom. The van der Waals surface area contributed by atoms with Gasteiger partial charge in [0.2, 0.25) is 11.8 Å². The van der Waals surface area contributed by atoms with Crippen molar-refractivity contribution in [3.05, 3.63) is 35.9 Å². The van der Waals surface area contributed by atoms with Crippen molar-refractivity contribution < 1.29 is 9.59 Å². The zero-order chi connectivity index (χ0) is 20.6. The minimum absolute atomic E-state index is 0.170. The zero-order valence-corrected chi connectivity index (χ0v) is 18.2. The first-order valence-corrected chi connectivity index (χ1v) is 11.5. The van der Waals surface area contributed by atoms with Crippen molar-refractivity contribution in [2.24, 2.45) is 5.92 Å². The number of rotatable bonds is 7. The first kappa shape index (κ1) is 21.8. The van der Waals surface area contributed by atoms with Crippen LogP contribution in [0.1, 0.15) is 64.0 Å². The molecule has 1 heterocycles. The van der Waals surface area contributed by atoms with Crippen LogP contribution in [0.4, 0.5) is 0 Å². The largest absolute Gasteiger partial charge is 0.342 e. The fraction of sp³-hybridized carbons (Fsp3) is 0.667. The van der Waals surface area contributed by atoms with Gasteiger partial charge in [-0.25, -0.2) is 0 Å². The minimum atomic E-state index is -0.258. The average molecular weight is 400 g/mol. The summed E-state index contributed by atoms with van der Waals surface area (Å²) in [6, 6.07) is 9.83. The van der Waals surface area contributed by atoms with E-state index < -0.39 is 0 Å². The Labute approximate surface area is 176 Å². The lowest BCUT2D eigenvalue weighted by atomic mass is 9.86. The second-order valence-corrected chi connectivity index (χ2v) is 8.45. The van der Waals surface area contributed by atoms with Crippen LogP contribution < -0.4 is 0 Å². The summed E-state index contributed by atoms with van der Waals surface area (Å²) in [7, 11) is 0. The fourth-order valence-electron chi connectivity index (χ4n) is 4.85. The van der Waals surface area contributed by atoms with Gasteiger partial charge in [-0.1, -0.05) is 49.6 Å². The molecule has 2 fully saturated rings. The van der Waals surface area contributed by atoms with Crippen LogP contribution in [0.2, 0.25) is 0 Å². The van der Waals surface area contributed by atoms with Crippen molar-refractivity contribution in [1.29, 1.82) is 0 Å². The number of hydrogen-bond donors (Lipinski definition) is 0. The van der Waals surface area contributed by atoms with E-state index in [0.29, 0.717) is 18.2 Å². The molecule has 0 radical (unpaired) electrons. The monoisotopic (exact) mass is 399 g/mol. The highest BCUT2D eigenvalue weighted by molar-refractivity contribution is 5.83. The predicted octanol–water partition coefficient (Wildman–Crippen LogP) is 3.71. The first-order chi connectivity index (χ1) is 14.1. The Hall–Kier alpha value is -1.88. The summed E-state index contributed by atoms with van der Waals surface area (Å²) in [4.78, 5) is 32.3. The molecule has 1 unspecified atom stereocenters. The van der Waals surface area contributed by atoms with Gasteiger partial charge < -0.3 is 9.80 Å². The molecule has 0 aromatic heterocycles. The number of likely N-dealkylation sites (N-methyl/N-ethyl adjacent to an activating group) is 1. The molecule has 1 saturated carbocycles. The minimum Gasteiger partial charge on any atom is -0.342 e. The smallest absolute Gasteiger partial charge is 0.244 e. The molecule has 1 aromatic rings. The number of piperazine rings is 1. The molecule has 0 spiro atoms. The van der Waals surface area contributed by atoms with Crippen LogP contribution in [0.25, 0.3) is 0 Å². The predicted molar refractivity (Wildman–Crippen MR) is 116 cm³/mol. The van der Waals surface area contributed by atoms with E-state index in [-0.39, 0.29) is 11.9 Å². The highest BCUT2D eigenvalue weighted by Crippen LogP contribution is 2.28. The third-order valence-electron chi connectivity index (χ3n) is 6.64. The van der Waals surface area contributed by atoms with Gasteiger partial charge in [0.15, 0.2) is 0 Å². The van der Waals surface area contributed by atoms with Crippen molar-refractivity contribution in [3.8, 4) is 0 Å². The molecule has 1 atom stereocenters. The van der Waals surface area contributed by atoms with Crippen molar-refractivity contribution in [1.82, 2.24) is 14.7 Å². The van der Waals surface area contributed by atoms with E-state index in [0.717, 1.165) is 44.8 Å². The molecule has 2 aliphatic rings. The third-order valence-corrected chi connectivity index (χ3v) is 6.64. The molecule has 1 aliphatic carbocycles. The molecule has 1 aliphatic heterocycles. The van der Waals surface area contributed by atoms with Gasteiger partial charge in [0.1, 0.15) is 6.04 Å². The molecule has 29 heavy (non-hydrogen) atoms. The van der Waals surface area contributed by atoms with Crippen LogP contribution in [0.5, 0.6) is 0 Å². The van der Waals surface area contributed by atoms with Crippen LogP contribution >= 0.6 is 0 Å². The molecule has 160 valence electrons. The Balaban J connectivity index is 1.63. The zero-order valence-electron chi connectivity index (χ0n) is 18.2. The Kier molecular flexibility index (Phi) is 8.10. The summed E-state index contributed by atoms with van der Waals surface area (Å²) < 4.78 is 0. The average Bonchev–Trinajstić information content (AvgIpc) is 2.77. The standard InChI is InChI=1S/C24H37N3O2/c1-3-25(4-2)24(29)23(21-13-9-6-10-14-21)27-17-15-26(16-18-27)22(28)19-20-11-7-5-8-12-20/h6,9-10,13-14,20,23H,3-5,7-8,11-12,15-19H2,1-2H3. The van der Waals surface area contributed by atoms with E-state index in [1.807, 2.05) is 54.0 Å². The van der Waals surface area contributed by atoms with Crippen LogP contribution in [0.3, 0.4) is 0 Å². The fourth-order valence-corrected chi connectivity index (χ4v) is 4.85. The molecular formula is C24H37N3O2. The van der Waals surface area contributed by atoms with E-state index in [1.165, 1.54) is 32.1 Å². The normalized spacial score (nSPS) is 19.7. The van der Waals surface area contributed by atoms with Crippen molar-refractivity contribution in [2.45, 2.75) is 58.4 Å². The first-order valence-electron chi connectivity index (χ1n) is 11.5. The Morgan fingerprint density at radius 2 is 1.59 bits per heavy atom. The van der Waals surface area contributed by atoms with E-state index in [1.54, 1.807) is 0 Å². The molecule has 2 amide bonds. The molecule has 1 saturated heterocycles. The lowest BCUT2D eigenvalue weighted by molar-refractivity contribution is -0.139. The summed E-state index contributed by atoms with van der Waals surface area (Å²) >= 11 is 0. The van der Waals surface area contributed by atoms with Crippen LogP contribution in [0.15, 0.2) is 30.3 Å². The second-order valence-electron chi connectivity index (χ2n) is 8.45.